The Morgan fingerprint density at radius 3 is 2.80 bits per heavy atom. The fraction of sp³-hybridized carbons (Fsp3) is 0.133. The summed E-state index contributed by atoms with van der Waals surface area (Å²) >= 11 is 1.47. The molecule has 0 spiro atoms. The van der Waals surface area contributed by atoms with E-state index < -0.39 is 11.8 Å². The van der Waals surface area contributed by atoms with E-state index in [0.29, 0.717) is 11.3 Å². The van der Waals surface area contributed by atoms with Crippen LogP contribution in [0.3, 0.4) is 0 Å². The van der Waals surface area contributed by atoms with Crippen molar-refractivity contribution in [1.82, 2.24) is 0 Å². The first kappa shape index (κ1) is 14.4. The summed E-state index contributed by atoms with van der Waals surface area (Å²) in [7, 11) is 1.59. The van der Waals surface area contributed by atoms with Gasteiger partial charge in [0.1, 0.15) is 11.6 Å². The van der Waals surface area contributed by atoms with Crippen molar-refractivity contribution in [3.63, 3.8) is 0 Å². The van der Waals surface area contributed by atoms with E-state index in [9.17, 15) is 9.18 Å². The van der Waals surface area contributed by atoms with Gasteiger partial charge in [0.05, 0.1) is 12.7 Å². The van der Waals surface area contributed by atoms with Gasteiger partial charge in [-0.05, 0) is 35.9 Å². The summed E-state index contributed by atoms with van der Waals surface area (Å²) in [6.45, 7) is 0. The number of rotatable bonds is 5. The molecule has 0 fully saturated rings. The monoisotopic (exact) mass is 292 g/mol. The van der Waals surface area contributed by atoms with E-state index in [-0.39, 0.29) is 5.56 Å². The Kier molecular flexibility index (Phi) is 4.63. The molecule has 0 radical (unpaired) electrons. The zero-order chi connectivity index (χ0) is 14.5. The Balaban J connectivity index is 2.16. The van der Waals surface area contributed by atoms with Gasteiger partial charge in [0.15, 0.2) is 0 Å². The predicted octanol–water partition coefficient (Wildman–Crippen LogP) is 3.82. The fourth-order valence-electron chi connectivity index (χ4n) is 1.73. The summed E-state index contributed by atoms with van der Waals surface area (Å²) in [5, 5.41) is 9.07. The number of hydrogen-bond acceptors (Lipinski definition) is 3. The zero-order valence-corrected chi connectivity index (χ0v) is 11.6. The van der Waals surface area contributed by atoms with E-state index in [1.54, 1.807) is 7.11 Å². The molecule has 20 heavy (non-hydrogen) atoms. The fourth-order valence-corrected chi connectivity index (χ4v) is 2.67. The van der Waals surface area contributed by atoms with Crippen LogP contribution in [0.15, 0.2) is 47.4 Å². The van der Waals surface area contributed by atoms with Gasteiger partial charge >= 0.3 is 5.97 Å². The number of halogens is 1. The van der Waals surface area contributed by atoms with Crippen molar-refractivity contribution in [2.75, 3.05) is 7.11 Å². The van der Waals surface area contributed by atoms with Crippen LogP contribution in [0.2, 0.25) is 0 Å². The number of carboxylic acid groups (broad SMARTS) is 1. The maximum Gasteiger partial charge on any atom is 0.336 e. The van der Waals surface area contributed by atoms with Crippen molar-refractivity contribution in [3.05, 3.63) is 59.4 Å². The third kappa shape index (κ3) is 3.51. The molecule has 5 heteroatoms. The topological polar surface area (TPSA) is 46.5 Å². The molecule has 104 valence electrons. The number of aromatic carboxylic acids is 1. The van der Waals surface area contributed by atoms with E-state index in [2.05, 4.69) is 0 Å². The Hall–Kier alpha value is -2.01. The third-order valence-electron chi connectivity index (χ3n) is 2.74. The van der Waals surface area contributed by atoms with E-state index >= 15 is 0 Å². The lowest BCUT2D eigenvalue weighted by atomic mass is 10.1. The minimum atomic E-state index is -1.12. The Morgan fingerprint density at radius 2 is 2.10 bits per heavy atom. The van der Waals surface area contributed by atoms with Crippen molar-refractivity contribution in [1.29, 1.82) is 0 Å². The summed E-state index contributed by atoms with van der Waals surface area (Å²) < 4.78 is 18.2. The third-order valence-corrected chi connectivity index (χ3v) is 3.78. The maximum absolute atomic E-state index is 13.1. The van der Waals surface area contributed by atoms with Crippen LogP contribution in [0, 0.1) is 5.82 Å². The number of carboxylic acids is 1. The van der Waals surface area contributed by atoms with Gasteiger partial charge in [-0.3, -0.25) is 0 Å². The predicted molar refractivity (Wildman–Crippen MR) is 75.9 cm³/mol. The number of hydrogen-bond donors (Lipinski definition) is 1. The highest BCUT2D eigenvalue weighted by molar-refractivity contribution is 7.98. The summed E-state index contributed by atoms with van der Waals surface area (Å²) in [5.74, 6) is -0.467. The van der Waals surface area contributed by atoms with Crippen LogP contribution in [0.4, 0.5) is 4.39 Å². The standard InChI is InChI=1S/C15H13FO3S/c1-19-12-3-2-4-13(8-12)20-9-10-5-6-11(16)7-14(10)15(17)18/h2-8H,9H2,1H3,(H,17,18). The Bertz CT molecular complexity index is 628. The number of methoxy groups -OCH3 is 1. The van der Waals surface area contributed by atoms with E-state index in [1.165, 1.54) is 23.9 Å². The van der Waals surface area contributed by atoms with Crippen LogP contribution >= 0.6 is 11.8 Å². The van der Waals surface area contributed by atoms with Crippen LogP contribution in [0.5, 0.6) is 5.75 Å². The van der Waals surface area contributed by atoms with Gasteiger partial charge < -0.3 is 9.84 Å². The lowest BCUT2D eigenvalue weighted by molar-refractivity contribution is 0.0695. The Morgan fingerprint density at radius 1 is 1.30 bits per heavy atom. The van der Waals surface area contributed by atoms with Gasteiger partial charge in [0.2, 0.25) is 0 Å². The number of carbonyl (C=O) groups is 1. The van der Waals surface area contributed by atoms with Crippen LogP contribution in [-0.2, 0) is 5.75 Å². The van der Waals surface area contributed by atoms with Crippen molar-refractivity contribution in [3.8, 4) is 5.75 Å². The van der Waals surface area contributed by atoms with Crippen LogP contribution < -0.4 is 4.74 Å². The van der Waals surface area contributed by atoms with Crippen LogP contribution in [0.25, 0.3) is 0 Å². The lowest BCUT2D eigenvalue weighted by Gasteiger charge is -2.07. The highest BCUT2D eigenvalue weighted by atomic mass is 32.2. The van der Waals surface area contributed by atoms with Gasteiger partial charge in [-0.2, -0.15) is 0 Å². The molecular formula is C15H13FO3S. The Labute approximate surface area is 120 Å². The SMILES string of the molecule is COc1cccc(SCc2ccc(F)cc2C(=O)O)c1. The normalized spacial score (nSPS) is 10.3. The zero-order valence-electron chi connectivity index (χ0n) is 10.8. The largest absolute Gasteiger partial charge is 0.497 e. The molecule has 0 saturated heterocycles. The van der Waals surface area contributed by atoms with Crippen molar-refractivity contribution < 1.29 is 19.0 Å². The van der Waals surface area contributed by atoms with Crippen molar-refractivity contribution in [2.45, 2.75) is 10.6 Å². The van der Waals surface area contributed by atoms with Crippen LogP contribution in [-0.4, -0.2) is 18.2 Å². The molecule has 0 saturated carbocycles. The van der Waals surface area contributed by atoms with Crippen LogP contribution in [0.1, 0.15) is 15.9 Å². The highest BCUT2D eigenvalue weighted by Gasteiger charge is 2.11. The molecule has 0 heterocycles. The molecule has 2 aromatic carbocycles. The second-order valence-electron chi connectivity index (χ2n) is 4.07. The maximum atomic E-state index is 13.1. The van der Waals surface area contributed by atoms with Gasteiger partial charge in [0.25, 0.3) is 0 Å². The second kappa shape index (κ2) is 6.43. The molecular weight excluding hydrogens is 279 g/mol. The number of ether oxygens (including phenoxy) is 1. The summed E-state index contributed by atoms with van der Waals surface area (Å²) in [6, 6.07) is 11.3. The summed E-state index contributed by atoms with van der Waals surface area (Å²) in [4.78, 5) is 12.1. The molecule has 0 aliphatic heterocycles. The molecule has 0 atom stereocenters. The smallest absolute Gasteiger partial charge is 0.336 e. The molecule has 2 rings (SSSR count). The van der Waals surface area contributed by atoms with E-state index in [0.717, 1.165) is 16.7 Å². The van der Waals surface area contributed by atoms with Gasteiger partial charge in [0, 0.05) is 10.6 Å². The average molecular weight is 292 g/mol. The first-order valence-corrected chi connectivity index (χ1v) is 6.87. The first-order chi connectivity index (χ1) is 9.60. The summed E-state index contributed by atoms with van der Waals surface area (Å²) in [6.07, 6.45) is 0. The molecule has 3 nitrogen and oxygen atoms in total. The average Bonchev–Trinajstić information content (AvgIpc) is 2.46. The molecule has 1 N–H and O–H groups in total. The van der Waals surface area contributed by atoms with Gasteiger partial charge in [-0.1, -0.05) is 12.1 Å². The molecule has 2 aromatic rings. The molecule has 0 bridgehead atoms. The molecule has 0 aliphatic rings. The van der Waals surface area contributed by atoms with Gasteiger partial charge in [-0.25, -0.2) is 9.18 Å². The summed E-state index contributed by atoms with van der Waals surface area (Å²) in [5.41, 5.74) is 0.590. The molecule has 0 aromatic heterocycles. The van der Waals surface area contributed by atoms with Crippen molar-refractivity contribution in [2.24, 2.45) is 0 Å². The van der Waals surface area contributed by atoms with Gasteiger partial charge in [-0.15, -0.1) is 11.8 Å². The van der Waals surface area contributed by atoms with E-state index in [1.807, 2.05) is 24.3 Å². The first-order valence-electron chi connectivity index (χ1n) is 5.88. The lowest BCUT2D eigenvalue weighted by Crippen LogP contribution is -2.02. The minimum absolute atomic E-state index is 0.000367. The number of benzene rings is 2. The molecule has 0 aliphatic carbocycles. The quantitative estimate of drug-likeness (QED) is 0.851. The second-order valence-corrected chi connectivity index (χ2v) is 5.12. The molecule has 0 amide bonds. The number of thioether (sulfide) groups is 1. The highest BCUT2D eigenvalue weighted by Crippen LogP contribution is 2.27. The minimum Gasteiger partial charge on any atom is -0.497 e. The van der Waals surface area contributed by atoms with Crippen molar-refractivity contribution >= 4 is 17.7 Å². The van der Waals surface area contributed by atoms with E-state index in [4.69, 9.17) is 9.84 Å². The molecule has 0 unspecified atom stereocenters.